The molecule has 122 valence electrons. The molecule has 1 aromatic carbocycles. The van der Waals surface area contributed by atoms with Crippen molar-refractivity contribution in [1.82, 2.24) is 19.7 Å². The van der Waals surface area contributed by atoms with Gasteiger partial charge >= 0.3 is 5.97 Å². The van der Waals surface area contributed by atoms with E-state index in [4.69, 9.17) is 0 Å². The zero-order valence-corrected chi connectivity index (χ0v) is 13.4. The van der Waals surface area contributed by atoms with Gasteiger partial charge in [0.15, 0.2) is 5.69 Å². The van der Waals surface area contributed by atoms with Crippen LogP contribution in [0.4, 0.5) is 5.82 Å². The highest BCUT2D eigenvalue weighted by Crippen LogP contribution is 2.24. The normalized spacial score (nSPS) is 11.8. The number of carbonyl (C=O) groups is 1. The Morgan fingerprint density at radius 2 is 1.96 bits per heavy atom. The number of nitrogens with one attached hydrogen (secondary N) is 1. The predicted octanol–water partition coefficient (Wildman–Crippen LogP) is 2.20. The van der Waals surface area contributed by atoms with Gasteiger partial charge in [-0.25, -0.2) is 9.78 Å². The van der Waals surface area contributed by atoms with E-state index in [0.717, 1.165) is 11.4 Å². The molecule has 0 aliphatic carbocycles. The number of aromatic nitrogens is 4. The van der Waals surface area contributed by atoms with Crippen molar-refractivity contribution in [2.45, 2.75) is 6.04 Å². The van der Waals surface area contributed by atoms with Crippen LogP contribution in [0.3, 0.4) is 0 Å². The van der Waals surface area contributed by atoms with Crippen molar-refractivity contribution in [3.05, 3.63) is 71.9 Å². The lowest BCUT2D eigenvalue weighted by molar-refractivity contribution is 0.0593. The van der Waals surface area contributed by atoms with Gasteiger partial charge in [-0.3, -0.25) is 0 Å². The third-order valence-electron chi connectivity index (χ3n) is 3.60. The number of hydrogen-bond donors (Lipinski definition) is 1. The molecule has 1 N–H and O–H groups in total. The molecule has 3 aromatic rings. The molecule has 2 heterocycles. The summed E-state index contributed by atoms with van der Waals surface area (Å²) in [6, 6.07) is 13.0. The molecule has 3 rings (SSSR count). The van der Waals surface area contributed by atoms with Gasteiger partial charge in [0.25, 0.3) is 0 Å². The van der Waals surface area contributed by atoms with Crippen LogP contribution < -0.4 is 5.32 Å². The summed E-state index contributed by atoms with van der Waals surface area (Å²) in [4.78, 5) is 15.9. The van der Waals surface area contributed by atoms with Gasteiger partial charge in [-0.1, -0.05) is 30.3 Å². The molecule has 0 radical (unpaired) electrons. The topological polar surface area (TPSA) is 81.9 Å². The maximum Gasteiger partial charge on any atom is 0.358 e. The van der Waals surface area contributed by atoms with Crippen LogP contribution in [-0.2, 0) is 11.8 Å². The first kappa shape index (κ1) is 15.7. The highest BCUT2D eigenvalue weighted by molar-refractivity contribution is 5.86. The number of nitrogens with zero attached hydrogens (tertiary/aromatic N) is 4. The number of imidazole rings is 1. The zero-order valence-electron chi connectivity index (χ0n) is 13.4. The molecule has 0 saturated heterocycles. The average molecular weight is 323 g/mol. The first-order valence-electron chi connectivity index (χ1n) is 7.40. The van der Waals surface area contributed by atoms with Crippen molar-refractivity contribution >= 4 is 11.8 Å². The first-order valence-corrected chi connectivity index (χ1v) is 7.40. The molecule has 7 heteroatoms. The van der Waals surface area contributed by atoms with Gasteiger partial charge in [-0.05, 0) is 17.7 Å². The molecular weight excluding hydrogens is 306 g/mol. The van der Waals surface area contributed by atoms with E-state index < -0.39 is 5.97 Å². The second kappa shape index (κ2) is 6.91. The fraction of sp³-hybridized carbons (Fsp3) is 0.176. The van der Waals surface area contributed by atoms with Crippen LogP contribution in [0, 0.1) is 0 Å². The van der Waals surface area contributed by atoms with Gasteiger partial charge in [0.1, 0.15) is 17.7 Å². The smallest absolute Gasteiger partial charge is 0.358 e. The highest BCUT2D eigenvalue weighted by Gasteiger charge is 2.19. The minimum absolute atomic E-state index is 0.163. The molecule has 24 heavy (non-hydrogen) atoms. The molecule has 0 fully saturated rings. The average Bonchev–Trinajstić information content (AvgIpc) is 3.06. The minimum atomic E-state index is -0.516. The van der Waals surface area contributed by atoms with Crippen LogP contribution in [0.1, 0.15) is 27.9 Å². The Morgan fingerprint density at radius 1 is 1.17 bits per heavy atom. The lowest BCUT2D eigenvalue weighted by Crippen LogP contribution is -2.18. The van der Waals surface area contributed by atoms with E-state index in [1.807, 2.05) is 48.1 Å². The fourth-order valence-corrected chi connectivity index (χ4v) is 2.37. The number of hydrogen-bond acceptors (Lipinski definition) is 6. The summed E-state index contributed by atoms with van der Waals surface area (Å²) in [7, 11) is 3.24. The number of benzene rings is 1. The number of aryl methyl sites for hydroxylation is 1. The number of anilines is 1. The van der Waals surface area contributed by atoms with Crippen LogP contribution in [0.25, 0.3) is 0 Å². The van der Waals surface area contributed by atoms with E-state index in [0.29, 0.717) is 5.82 Å². The van der Waals surface area contributed by atoms with Gasteiger partial charge in [-0.2, -0.15) is 0 Å². The summed E-state index contributed by atoms with van der Waals surface area (Å²) < 4.78 is 6.57. The maximum atomic E-state index is 11.4. The number of rotatable bonds is 5. The molecule has 0 bridgehead atoms. The minimum Gasteiger partial charge on any atom is -0.464 e. The fourth-order valence-electron chi connectivity index (χ4n) is 2.37. The Balaban J connectivity index is 1.90. The molecule has 0 aliphatic rings. The standard InChI is InChI=1S/C17H17N5O2/c1-22-11-10-18-16(22)15(12-6-4-3-5-7-12)19-14-9-8-13(20-21-14)17(23)24-2/h3-11,15H,1-2H3,(H,19,21). The second-order valence-electron chi connectivity index (χ2n) is 5.18. The molecule has 0 amide bonds. The summed E-state index contributed by atoms with van der Waals surface area (Å²) in [6.07, 6.45) is 3.64. The van der Waals surface area contributed by atoms with Gasteiger partial charge in [0.05, 0.1) is 7.11 Å². The van der Waals surface area contributed by atoms with Crippen molar-refractivity contribution in [2.75, 3.05) is 12.4 Å². The van der Waals surface area contributed by atoms with Gasteiger partial charge in [0.2, 0.25) is 0 Å². The van der Waals surface area contributed by atoms with Crippen LogP contribution in [0.15, 0.2) is 54.9 Å². The van der Waals surface area contributed by atoms with E-state index in [1.54, 1.807) is 18.3 Å². The third kappa shape index (κ3) is 3.24. The first-order chi connectivity index (χ1) is 11.7. The van der Waals surface area contributed by atoms with Crippen LogP contribution in [0.5, 0.6) is 0 Å². The third-order valence-corrected chi connectivity index (χ3v) is 3.60. The van der Waals surface area contributed by atoms with E-state index in [9.17, 15) is 4.79 Å². The van der Waals surface area contributed by atoms with E-state index in [1.165, 1.54) is 7.11 Å². The summed E-state index contributed by atoms with van der Waals surface area (Å²) in [5.41, 5.74) is 1.21. The van der Waals surface area contributed by atoms with Crippen LogP contribution in [-0.4, -0.2) is 32.8 Å². The molecule has 2 aromatic heterocycles. The van der Waals surface area contributed by atoms with E-state index in [2.05, 4.69) is 25.2 Å². The molecule has 0 saturated carbocycles. The molecule has 1 atom stereocenters. The number of carbonyl (C=O) groups excluding carboxylic acids is 1. The van der Waals surface area contributed by atoms with Crippen molar-refractivity contribution in [3.63, 3.8) is 0 Å². The highest BCUT2D eigenvalue weighted by atomic mass is 16.5. The number of esters is 1. The van der Waals surface area contributed by atoms with Crippen LogP contribution >= 0.6 is 0 Å². The van der Waals surface area contributed by atoms with Crippen molar-refractivity contribution < 1.29 is 9.53 Å². The molecule has 1 unspecified atom stereocenters. The maximum absolute atomic E-state index is 11.4. The van der Waals surface area contributed by atoms with Gasteiger partial charge < -0.3 is 14.6 Å². The second-order valence-corrected chi connectivity index (χ2v) is 5.18. The Bertz CT molecular complexity index is 815. The Morgan fingerprint density at radius 3 is 2.54 bits per heavy atom. The van der Waals surface area contributed by atoms with Crippen LogP contribution in [0.2, 0.25) is 0 Å². The largest absolute Gasteiger partial charge is 0.464 e. The summed E-state index contributed by atoms with van der Waals surface area (Å²) >= 11 is 0. The van der Waals surface area contributed by atoms with Crippen molar-refractivity contribution in [3.8, 4) is 0 Å². The number of ether oxygens (including phenoxy) is 1. The molecule has 0 spiro atoms. The zero-order chi connectivity index (χ0) is 16.9. The lowest BCUT2D eigenvalue weighted by Gasteiger charge is -2.19. The number of methoxy groups -OCH3 is 1. The Hall–Kier alpha value is -3.22. The quantitative estimate of drug-likeness (QED) is 0.725. The summed E-state index contributed by atoms with van der Waals surface area (Å²) in [6.45, 7) is 0. The monoisotopic (exact) mass is 323 g/mol. The Labute approximate surface area is 139 Å². The predicted molar refractivity (Wildman–Crippen MR) is 88.5 cm³/mol. The summed E-state index contributed by atoms with van der Waals surface area (Å²) in [5, 5.41) is 11.3. The SMILES string of the molecule is COC(=O)c1ccc(NC(c2ccccc2)c2nccn2C)nn1. The Kier molecular flexibility index (Phi) is 4.51. The van der Waals surface area contributed by atoms with Gasteiger partial charge in [0, 0.05) is 19.4 Å². The lowest BCUT2D eigenvalue weighted by atomic mass is 10.1. The summed E-state index contributed by atoms with van der Waals surface area (Å²) in [5.74, 6) is 0.873. The molecule has 0 aliphatic heterocycles. The van der Waals surface area contributed by atoms with Gasteiger partial charge in [-0.15, -0.1) is 10.2 Å². The van der Waals surface area contributed by atoms with Crippen molar-refractivity contribution in [1.29, 1.82) is 0 Å². The van der Waals surface area contributed by atoms with E-state index >= 15 is 0 Å². The molecular formula is C17H17N5O2. The van der Waals surface area contributed by atoms with E-state index in [-0.39, 0.29) is 11.7 Å². The molecule has 7 nitrogen and oxygen atoms in total. The van der Waals surface area contributed by atoms with Crippen molar-refractivity contribution in [2.24, 2.45) is 7.05 Å².